The van der Waals surface area contributed by atoms with E-state index in [0.717, 1.165) is 79.9 Å². The molecule has 39 heavy (non-hydrogen) atoms. The summed E-state index contributed by atoms with van der Waals surface area (Å²) < 4.78 is 10.2. The van der Waals surface area contributed by atoms with E-state index in [2.05, 4.69) is 58.5 Å². The average molecular weight is 531 g/mol. The number of imidazole rings is 1. The summed E-state index contributed by atoms with van der Waals surface area (Å²) in [5.41, 5.74) is 4.48. The molecule has 3 heterocycles. The Balaban J connectivity index is 1.32. The van der Waals surface area contributed by atoms with Crippen molar-refractivity contribution in [3.05, 3.63) is 59.2 Å². The number of aromatic nitrogens is 3. The number of likely N-dealkylation sites (N-methyl/N-ethyl adjacent to an activating group) is 1. The predicted octanol–water partition coefficient (Wildman–Crippen LogP) is 5.58. The van der Waals surface area contributed by atoms with Crippen molar-refractivity contribution >= 4 is 17.0 Å². The number of ether oxygens (including phenoxy) is 1. The smallest absolute Gasteiger partial charge is 0.317 e. The van der Waals surface area contributed by atoms with Crippen LogP contribution in [0.15, 0.2) is 36.4 Å². The van der Waals surface area contributed by atoms with Crippen molar-refractivity contribution in [1.29, 1.82) is 0 Å². The molecule has 6 rings (SSSR count). The van der Waals surface area contributed by atoms with Crippen molar-refractivity contribution in [2.24, 2.45) is 13.0 Å². The Hall–Kier alpha value is -3.06. The molecule has 0 bridgehead atoms. The largest absolute Gasteiger partial charge is 0.506 e. The number of esters is 1. The van der Waals surface area contributed by atoms with E-state index < -0.39 is 5.41 Å². The highest BCUT2D eigenvalue weighted by Gasteiger charge is 2.64. The second-order valence-electron chi connectivity index (χ2n) is 11.8. The number of rotatable bonds is 6. The lowest BCUT2D eigenvalue weighted by molar-refractivity contribution is -0.146. The molecule has 3 unspecified atom stereocenters. The first-order valence-electron chi connectivity index (χ1n) is 14.8. The normalized spacial score (nSPS) is 24.6. The minimum atomic E-state index is -0.744. The van der Waals surface area contributed by atoms with Crippen LogP contribution in [0.25, 0.3) is 11.0 Å². The molecule has 208 valence electrons. The van der Waals surface area contributed by atoms with Gasteiger partial charge in [0.05, 0.1) is 29.9 Å². The minimum Gasteiger partial charge on any atom is -0.506 e. The second-order valence-corrected chi connectivity index (χ2v) is 11.8. The summed E-state index contributed by atoms with van der Waals surface area (Å²) in [7, 11) is 4.22. The van der Waals surface area contributed by atoms with E-state index in [1.54, 1.807) is 0 Å². The van der Waals surface area contributed by atoms with Crippen LogP contribution in [0.2, 0.25) is 0 Å². The standard InChI is InChI=1S/C32H42N4O3/c1-4-39-31(38)32-19-23(32)13-9-7-5-6-8-10-16-26-28(32)30(37)29-22(17-18-36(26)29)20-34(2)21-27-33-24-14-11-12-15-25(24)35(27)3/h9,11-15,22-23,37H,4-8,10,16-21H2,1-3H3. The number of benzene rings is 1. The molecule has 1 fully saturated rings. The minimum absolute atomic E-state index is 0.0995. The molecule has 1 aliphatic heterocycles. The first-order chi connectivity index (χ1) is 19.0. The fourth-order valence-electron chi connectivity index (χ4n) is 7.26. The quantitative estimate of drug-likeness (QED) is 0.333. The summed E-state index contributed by atoms with van der Waals surface area (Å²) in [6.45, 7) is 4.69. The lowest BCUT2D eigenvalue weighted by Crippen LogP contribution is -2.27. The monoisotopic (exact) mass is 530 g/mol. The average Bonchev–Trinajstić information content (AvgIpc) is 3.18. The Labute approximate surface area is 231 Å². The van der Waals surface area contributed by atoms with Gasteiger partial charge in [-0.05, 0) is 70.5 Å². The first-order valence-corrected chi connectivity index (χ1v) is 14.8. The first kappa shape index (κ1) is 26.2. The number of fused-ring (bicyclic) bond motifs is 6. The van der Waals surface area contributed by atoms with Crippen LogP contribution in [0.3, 0.4) is 0 Å². The number of para-hydroxylation sites is 2. The molecule has 3 aliphatic rings. The number of aryl methyl sites for hydroxylation is 1. The van der Waals surface area contributed by atoms with Crippen molar-refractivity contribution in [3.8, 4) is 5.75 Å². The van der Waals surface area contributed by atoms with Crippen molar-refractivity contribution < 1.29 is 14.6 Å². The van der Waals surface area contributed by atoms with Crippen LogP contribution in [0.4, 0.5) is 0 Å². The molecule has 0 saturated heterocycles. The third-order valence-electron chi connectivity index (χ3n) is 9.30. The van der Waals surface area contributed by atoms with E-state index in [4.69, 9.17) is 9.72 Å². The maximum Gasteiger partial charge on any atom is 0.317 e. The van der Waals surface area contributed by atoms with E-state index in [1.807, 2.05) is 13.0 Å². The van der Waals surface area contributed by atoms with Crippen molar-refractivity contribution in [1.82, 2.24) is 19.0 Å². The number of allylic oxidation sites excluding steroid dienone is 2. The van der Waals surface area contributed by atoms with Gasteiger partial charge in [-0.3, -0.25) is 9.69 Å². The van der Waals surface area contributed by atoms with Crippen LogP contribution < -0.4 is 0 Å². The fraction of sp³-hybridized carbons (Fsp3) is 0.562. The van der Waals surface area contributed by atoms with Gasteiger partial charge < -0.3 is 19.0 Å². The molecule has 7 nitrogen and oxygen atoms in total. The molecular weight excluding hydrogens is 488 g/mol. The third kappa shape index (κ3) is 4.48. The van der Waals surface area contributed by atoms with Gasteiger partial charge in [-0.1, -0.05) is 37.1 Å². The highest BCUT2D eigenvalue weighted by molar-refractivity contribution is 5.90. The number of hydrogen-bond acceptors (Lipinski definition) is 5. The zero-order valence-electron chi connectivity index (χ0n) is 23.7. The van der Waals surface area contributed by atoms with E-state index in [1.165, 1.54) is 25.0 Å². The number of hydrogen-bond donors (Lipinski definition) is 1. The van der Waals surface area contributed by atoms with Crippen molar-refractivity contribution in [2.75, 3.05) is 20.2 Å². The molecule has 1 saturated carbocycles. The molecule has 1 N–H and O–H groups in total. The number of carbonyl (C=O) groups excluding carboxylic acids is 1. The summed E-state index contributed by atoms with van der Waals surface area (Å²) in [5.74, 6) is 1.53. The van der Waals surface area contributed by atoms with Crippen LogP contribution in [0.5, 0.6) is 5.75 Å². The maximum absolute atomic E-state index is 13.5. The fourth-order valence-corrected chi connectivity index (χ4v) is 7.26. The molecule has 2 aromatic heterocycles. The van der Waals surface area contributed by atoms with Crippen LogP contribution in [0.1, 0.15) is 80.6 Å². The summed E-state index contributed by atoms with van der Waals surface area (Å²) in [6.07, 6.45) is 12.8. The van der Waals surface area contributed by atoms with Crippen LogP contribution in [-0.2, 0) is 41.5 Å². The SMILES string of the molecule is CCOC(=O)C12CC1C=CCCCCCCc1c2c(O)c2n1CCC2CN(C)Cc1nc2ccccc2n1C. The molecule has 3 aromatic rings. The van der Waals surface area contributed by atoms with Crippen molar-refractivity contribution in [2.45, 2.75) is 82.7 Å². The lowest BCUT2D eigenvalue weighted by atomic mass is 9.88. The van der Waals surface area contributed by atoms with Gasteiger partial charge in [0.15, 0.2) is 0 Å². The third-order valence-corrected chi connectivity index (χ3v) is 9.30. The van der Waals surface area contributed by atoms with Gasteiger partial charge in [0.2, 0.25) is 0 Å². The Morgan fingerprint density at radius 1 is 1.23 bits per heavy atom. The van der Waals surface area contributed by atoms with Gasteiger partial charge in [-0.25, -0.2) is 4.98 Å². The van der Waals surface area contributed by atoms with Gasteiger partial charge >= 0.3 is 5.97 Å². The van der Waals surface area contributed by atoms with E-state index in [0.29, 0.717) is 12.4 Å². The molecule has 0 amide bonds. The summed E-state index contributed by atoms with van der Waals surface area (Å²) >= 11 is 0. The Bertz CT molecular complexity index is 1400. The molecular formula is C32H42N4O3. The lowest BCUT2D eigenvalue weighted by Gasteiger charge is -2.21. The van der Waals surface area contributed by atoms with Crippen molar-refractivity contribution in [3.63, 3.8) is 0 Å². The second kappa shape index (κ2) is 10.5. The van der Waals surface area contributed by atoms with Crippen LogP contribution in [-0.4, -0.2) is 50.3 Å². The molecule has 7 heteroatoms. The zero-order chi connectivity index (χ0) is 27.1. The molecule has 1 aromatic carbocycles. The summed E-state index contributed by atoms with van der Waals surface area (Å²) in [6, 6.07) is 8.25. The highest BCUT2D eigenvalue weighted by Crippen LogP contribution is 2.61. The van der Waals surface area contributed by atoms with Crippen LogP contribution >= 0.6 is 0 Å². The van der Waals surface area contributed by atoms with Gasteiger partial charge in [-0.2, -0.15) is 0 Å². The van der Waals surface area contributed by atoms with Gasteiger partial charge in [0.1, 0.15) is 17.0 Å². The van der Waals surface area contributed by atoms with Gasteiger partial charge in [0, 0.05) is 37.3 Å². The Morgan fingerprint density at radius 2 is 2.05 bits per heavy atom. The van der Waals surface area contributed by atoms with Gasteiger partial charge in [-0.15, -0.1) is 0 Å². The topological polar surface area (TPSA) is 72.5 Å². The zero-order valence-corrected chi connectivity index (χ0v) is 23.7. The van der Waals surface area contributed by atoms with E-state index >= 15 is 0 Å². The molecule has 2 aliphatic carbocycles. The summed E-state index contributed by atoms with van der Waals surface area (Å²) in [5, 5.41) is 11.9. The molecule has 0 radical (unpaired) electrons. The summed E-state index contributed by atoms with van der Waals surface area (Å²) in [4.78, 5) is 20.7. The molecule has 0 spiro atoms. The molecule has 3 atom stereocenters. The predicted molar refractivity (Wildman–Crippen MR) is 153 cm³/mol. The Morgan fingerprint density at radius 3 is 2.87 bits per heavy atom. The maximum atomic E-state index is 13.5. The van der Waals surface area contributed by atoms with Crippen LogP contribution in [0, 0.1) is 5.92 Å². The van der Waals surface area contributed by atoms with E-state index in [-0.39, 0.29) is 17.8 Å². The Kier molecular flexibility index (Phi) is 7.04. The highest BCUT2D eigenvalue weighted by atomic mass is 16.5. The van der Waals surface area contributed by atoms with Gasteiger partial charge in [0.25, 0.3) is 0 Å². The number of aromatic hydroxyl groups is 1. The van der Waals surface area contributed by atoms with E-state index in [9.17, 15) is 9.90 Å². The number of carbonyl (C=O) groups is 1. The number of nitrogens with zero attached hydrogens (tertiary/aromatic N) is 4.